The minimum absolute atomic E-state index is 0.247. The maximum atomic E-state index is 5.50. The maximum absolute atomic E-state index is 5.50. The van der Waals surface area contributed by atoms with Crippen LogP contribution in [0.5, 0.6) is 0 Å². The van der Waals surface area contributed by atoms with Crippen molar-refractivity contribution in [2.45, 2.75) is 6.04 Å². The van der Waals surface area contributed by atoms with Gasteiger partial charge in [-0.25, -0.2) is 25.0 Å². The number of hydrogen-bond donors (Lipinski definition) is 1. The highest BCUT2D eigenvalue weighted by atomic mass is 32.1. The van der Waals surface area contributed by atoms with E-state index >= 15 is 0 Å². The van der Waals surface area contributed by atoms with Crippen molar-refractivity contribution in [3.05, 3.63) is 65.7 Å². The van der Waals surface area contributed by atoms with Crippen LogP contribution in [0.25, 0.3) is 5.57 Å². The maximum Gasteiger partial charge on any atom is 0.321 e. The monoisotopic (exact) mass is 353 g/mol. The van der Waals surface area contributed by atoms with E-state index in [1.807, 2.05) is 22.7 Å². The molecule has 0 radical (unpaired) electrons. The molecule has 5 heterocycles. The summed E-state index contributed by atoms with van der Waals surface area (Å²) in [5.74, 6) is 0.633. The Bertz CT molecular complexity index is 962. The molecule has 1 aliphatic heterocycles. The van der Waals surface area contributed by atoms with Crippen LogP contribution in [0.4, 0.5) is 12.0 Å². The number of H-pyrrole nitrogens is 1. The number of oxazole rings is 1. The van der Waals surface area contributed by atoms with Gasteiger partial charge in [0.25, 0.3) is 0 Å². The van der Waals surface area contributed by atoms with E-state index < -0.39 is 0 Å². The summed E-state index contributed by atoms with van der Waals surface area (Å²) in [5.41, 5.74) is 1.61. The summed E-state index contributed by atoms with van der Waals surface area (Å²) in [6.45, 7) is 0. The van der Waals surface area contributed by atoms with Crippen LogP contribution in [0, 0.1) is 0 Å². The average molecular weight is 353 g/mol. The van der Waals surface area contributed by atoms with E-state index in [2.05, 4.69) is 25.1 Å². The Morgan fingerprint density at radius 1 is 1.12 bits per heavy atom. The van der Waals surface area contributed by atoms with Crippen LogP contribution in [0.2, 0.25) is 0 Å². The third kappa shape index (κ3) is 2.22. The van der Waals surface area contributed by atoms with Crippen molar-refractivity contribution in [1.82, 2.24) is 25.1 Å². The number of aromatic amines is 1. The average Bonchev–Trinajstić information content (AvgIpc) is 3.48. The Morgan fingerprint density at radius 2 is 2.12 bits per heavy atom. The molecule has 4 aromatic rings. The Morgan fingerprint density at radius 3 is 2.80 bits per heavy atom. The van der Waals surface area contributed by atoms with Crippen molar-refractivity contribution in [2.75, 3.05) is 10.0 Å². The van der Waals surface area contributed by atoms with Gasteiger partial charge in [-0.3, -0.25) is 0 Å². The number of nitrogens with zero attached hydrogens (tertiary/aromatic N) is 6. The lowest BCUT2D eigenvalue weighted by Crippen LogP contribution is -2.38. The third-order valence-corrected chi connectivity index (χ3v) is 4.60. The molecular weight excluding hydrogens is 342 g/mol. The number of rotatable bonds is 4. The number of imidazole rings is 1. The van der Waals surface area contributed by atoms with E-state index in [4.69, 9.17) is 8.94 Å². The van der Waals surface area contributed by atoms with Crippen LogP contribution >= 0.6 is 11.3 Å². The van der Waals surface area contributed by atoms with E-state index in [0.29, 0.717) is 17.7 Å². The normalized spacial score (nSPS) is 17.3. The van der Waals surface area contributed by atoms with Gasteiger partial charge >= 0.3 is 6.01 Å². The van der Waals surface area contributed by atoms with Crippen LogP contribution in [-0.2, 0) is 0 Å². The fourth-order valence-electron chi connectivity index (χ4n) is 2.78. The zero-order valence-corrected chi connectivity index (χ0v) is 13.5. The van der Waals surface area contributed by atoms with Gasteiger partial charge in [0.1, 0.15) is 29.3 Å². The number of thiazole rings is 1. The SMILES string of the molecule is C1=C(c2ccon2)C(c2nccs2)N(c2ncc[nH]2)N1c1ncco1. The molecule has 0 saturated heterocycles. The van der Waals surface area contributed by atoms with Crippen molar-refractivity contribution in [2.24, 2.45) is 0 Å². The predicted octanol–water partition coefficient (Wildman–Crippen LogP) is 2.87. The van der Waals surface area contributed by atoms with Crippen molar-refractivity contribution in [1.29, 1.82) is 0 Å². The van der Waals surface area contributed by atoms with E-state index in [0.717, 1.165) is 10.6 Å². The molecule has 1 N–H and O–H groups in total. The standard InChI is InChI=1S/C15H11N7O2S/c1-6-24-20-11(1)10-9-21(15-19-4-7-23-15)22(14-17-2-3-18-14)12(10)13-16-5-8-25-13/h1-9,12H,(H,17,18). The highest BCUT2D eigenvalue weighted by molar-refractivity contribution is 7.09. The minimum Gasteiger partial charge on any atom is -0.431 e. The summed E-state index contributed by atoms with van der Waals surface area (Å²) in [6, 6.07) is 1.98. The molecule has 1 unspecified atom stereocenters. The minimum atomic E-state index is -0.247. The van der Waals surface area contributed by atoms with Crippen molar-refractivity contribution in [3.63, 3.8) is 0 Å². The van der Waals surface area contributed by atoms with E-state index in [1.165, 1.54) is 6.26 Å². The van der Waals surface area contributed by atoms with Gasteiger partial charge in [-0.2, -0.15) is 0 Å². The van der Waals surface area contributed by atoms with Crippen LogP contribution in [0.1, 0.15) is 16.7 Å². The summed E-state index contributed by atoms with van der Waals surface area (Å²) in [4.78, 5) is 16.3. The van der Waals surface area contributed by atoms with Gasteiger partial charge in [0.15, 0.2) is 0 Å². The summed E-state index contributed by atoms with van der Waals surface area (Å²) in [5, 5.41) is 10.6. The Labute approximate surface area is 145 Å². The second-order valence-corrected chi connectivity index (χ2v) is 6.08. The second kappa shape index (κ2) is 5.60. The van der Waals surface area contributed by atoms with E-state index in [1.54, 1.807) is 47.4 Å². The van der Waals surface area contributed by atoms with Crippen LogP contribution < -0.4 is 10.0 Å². The van der Waals surface area contributed by atoms with Gasteiger partial charge in [-0.05, 0) is 0 Å². The molecule has 9 nitrogen and oxygen atoms in total. The lowest BCUT2D eigenvalue weighted by atomic mass is 10.1. The number of hydrazine groups is 1. The van der Waals surface area contributed by atoms with Gasteiger partial charge in [0.2, 0.25) is 5.95 Å². The molecular formula is C15H11N7O2S. The topological polar surface area (TPSA) is 100 Å². The van der Waals surface area contributed by atoms with Gasteiger partial charge in [0, 0.05) is 41.8 Å². The number of nitrogens with one attached hydrogen (secondary N) is 1. The van der Waals surface area contributed by atoms with E-state index in [9.17, 15) is 0 Å². The first-order chi connectivity index (χ1) is 12.4. The molecule has 124 valence electrons. The third-order valence-electron chi connectivity index (χ3n) is 3.77. The molecule has 1 atom stereocenters. The quantitative estimate of drug-likeness (QED) is 0.598. The zero-order chi connectivity index (χ0) is 16.6. The molecule has 0 saturated carbocycles. The molecule has 0 amide bonds. The highest BCUT2D eigenvalue weighted by Gasteiger charge is 2.41. The molecule has 25 heavy (non-hydrogen) atoms. The molecule has 0 bridgehead atoms. The van der Waals surface area contributed by atoms with Crippen LogP contribution in [-0.4, -0.2) is 25.1 Å². The Kier molecular flexibility index (Phi) is 3.13. The van der Waals surface area contributed by atoms with Gasteiger partial charge in [0.05, 0.1) is 6.20 Å². The van der Waals surface area contributed by atoms with Crippen molar-refractivity contribution in [3.8, 4) is 0 Å². The van der Waals surface area contributed by atoms with Gasteiger partial charge in [-0.15, -0.1) is 11.3 Å². The number of aromatic nitrogens is 5. The second-order valence-electron chi connectivity index (χ2n) is 5.16. The van der Waals surface area contributed by atoms with Crippen LogP contribution in [0.15, 0.2) is 63.9 Å². The summed E-state index contributed by atoms with van der Waals surface area (Å²) < 4.78 is 10.5. The molecule has 0 fully saturated rings. The first-order valence-electron chi connectivity index (χ1n) is 7.41. The fourth-order valence-corrected chi connectivity index (χ4v) is 3.52. The molecule has 5 rings (SSSR count). The van der Waals surface area contributed by atoms with Crippen LogP contribution in [0.3, 0.4) is 0 Å². The molecule has 1 aliphatic rings. The van der Waals surface area contributed by atoms with Crippen molar-refractivity contribution < 1.29 is 8.94 Å². The Balaban J connectivity index is 1.70. The summed E-state index contributed by atoms with van der Waals surface area (Å²) >= 11 is 1.55. The summed E-state index contributed by atoms with van der Waals surface area (Å²) in [6.07, 6.45) is 11.8. The molecule has 10 heteroatoms. The predicted molar refractivity (Wildman–Crippen MR) is 89.4 cm³/mol. The summed E-state index contributed by atoms with van der Waals surface area (Å²) in [7, 11) is 0. The first kappa shape index (κ1) is 14.0. The lowest BCUT2D eigenvalue weighted by molar-refractivity contribution is 0.417. The molecule has 0 aliphatic carbocycles. The fraction of sp³-hybridized carbons (Fsp3) is 0.0667. The molecule has 0 aromatic carbocycles. The van der Waals surface area contributed by atoms with Gasteiger partial charge < -0.3 is 13.9 Å². The smallest absolute Gasteiger partial charge is 0.321 e. The number of anilines is 2. The number of hydrogen-bond acceptors (Lipinski definition) is 9. The molecule has 0 spiro atoms. The first-order valence-corrected chi connectivity index (χ1v) is 8.29. The largest absolute Gasteiger partial charge is 0.431 e. The van der Waals surface area contributed by atoms with Gasteiger partial charge in [-0.1, -0.05) is 5.16 Å². The van der Waals surface area contributed by atoms with Crippen molar-refractivity contribution >= 4 is 28.9 Å². The molecule has 4 aromatic heterocycles. The Hall–Kier alpha value is -3.40. The highest BCUT2D eigenvalue weighted by Crippen LogP contribution is 2.44. The zero-order valence-electron chi connectivity index (χ0n) is 12.7. The van der Waals surface area contributed by atoms with E-state index in [-0.39, 0.29) is 6.04 Å². The lowest BCUT2D eigenvalue weighted by Gasteiger charge is -2.30.